The zero-order valence-electron chi connectivity index (χ0n) is 20.9. The number of halogens is 2. The average molecular weight is 582 g/mol. The summed E-state index contributed by atoms with van der Waals surface area (Å²) in [7, 11) is 3.91. The van der Waals surface area contributed by atoms with E-state index in [1.165, 1.54) is 6.42 Å². The van der Waals surface area contributed by atoms with Crippen LogP contribution in [0.25, 0.3) is 0 Å². The van der Waals surface area contributed by atoms with E-state index in [9.17, 15) is 9.90 Å². The number of carbonyl (C=O) groups is 1. The van der Waals surface area contributed by atoms with Gasteiger partial charge in [0.15, 0.2) is 6.04 Å². The first-order valence-electron chi connectivity index (χ1n) is 12.5. The fraction of sp³-hybridized carbons (Fsp3) is 0.519. The second-order valence-corrected chi connectivity index (χ2v) is 11.8. The number of benzene rings is 2. The van der Waals surface area contributed by atoms with Crippen molar-refractivity contribution in [1.82, 2.24) is 10.6 Å². The standard InChI is InChI=1S/C27H35BrClN3O4/c1-32(2)15-24(11-26(32)27(33)34)35-16-20-7-19(14-31-13-18-5-6-30-12-18)8-23(9-20)36-17-21-3-4-22(29)10-25(21)28/h3-4,7-10,18,24,26,30-31H,5-6,11-17H2,1-2H3/p+1. The van der Waals surface area contributed by atoms with E-state index in [2.05, 4.69) is 38.7 Å². The maximum Gasteiger partial charge on any atom is 0.362 e. The van der Waals surface area contributed by atoms with Gasteiger partial charge in [0.25, 0.3) is 0 Å². The predicted molar refractivity (Wildman–Crippen MR) is 144 cm³/mol. The van der Waals surface area contributed by atoms with Gasteiger partial charge in [-0.15, -0.1) is 0 Å². The van der Waals surface area contributed by atoms with Crippen LogP contribution in [-0.2, 0) is 29.3 Å². The highest BCUT2D eigenvalue weighted by Gasteiger charge is 2.45. The quantitative estimate of drug-likeness (QED) is 0.345. The molecule has 2 saturated heterocycles. The van der Waals surface area contributed by atoms with E-state index in [-0.39, 0.29) is 6.10 Å². The van der Waals surface area contributed by atoms with E-state index in [4.69, 9.17) is 21.1 Å². The van der Waals surface area contributed by atoms with E-state index in [0.29, 0.717) is 41.6 Å². The van der Waals surface area contributed by atoms with Crippen LogP contribution in [0.2, 0.25) is 5.02 Å². The Hall–Kier alpha value is -1.68. The second-order valence-electron chi connectivity index (χ2n) is 10.5. The number of rotatable bonds is 11. The molecule has 3 N–H and O–H groups in total. The molecule has 0 aliphatic carbocycles. The molecule has 2 aromatic carbocycles. The Kier molecular flexibility index (Phi) is 9.30. The summed E-state index contributed by atoms with van der Waals surface area (Å²) in [5, 5.41) is 17.2. The Morgan fingerprint density at radius 3 is 2.72 bits per heavy atom. The minimum atomic E-state index is -0.763. The molecule has 196 valence electrons. The molecule has 2 aliphatic heterocycles. The van der Waals surface area contributed by atoms with Gasteiger partial charge in [0.2, 0.25) is 0 Å². The minimum absolute atomic E-state index is 0.0906. The van der Waals surface area contributed by atoms with Gasteiger partial charge in [0.05, 0.1) is 20.7 Å². The Labute approximate surface area is 226 Å². The van der Waals surface area contributed by atoms with Crippen LogP contribution in [0.4, 0.5) is 0 Å². The average Bonchev–Trinajstić information content (AvgIpc) is 3.44. The molecule has 3 unspecified atom stereocenters. The van der Waals surface area contributed by atoms with E-state index in [1.807, 2.05) is 38.4 Å². The molecule has 9 heteroatoms. The first-order valence-corrected chi connectivity index (χ1v) is 13.6. The monoisotopic (exact) mass is 580 g/mol. The molecular formula is C27H36BrClN3O4+. The third-order valence-corrected chi connectivity index (χ3v) is 8.11. The molecule has 0 saturated carbocycles. The molecule has 2 fully saturated rings. The minimum Gasteiger partial charge on any atom is -0.489 e. The molecule has 3 atom stereocenters. The van der Waals surface area contributed by atoms with Crippen molar-refractivity contribution in [1.29, 1.82) is 0 Å². The molecule has 4 rings (SSSR count). The first-order chi connectivity index (χ1) is 17.2. The molecular weight excluding hydrogens is 546 g/mol. The number of aliphatic carboxylic acids is 1. The van der Waals surface area contributed by atoms with Crippen LogP contribution in [0.1, 0.15) is 29.5 Å². The fourth-order valence-electron chi connectivity index (χ4n) is 5.10. The van der Waals surface area contributed by atoms with Gasteiger partial charge < -0.3 is 29.7 Å². The highest BCUT2D eigenvalue weighted by molar-refractivity contribution is 9.10. The number of carboxylic acids is 1. The van der Waals surface area contributed by atoms with Crippen molar-refractivity contribution in [2.45, 2.75) is 44.7 Å². The second kappa shape index (κ2) is 12.2. The van der Waals surface area contributed by atoms with Crippen molar-refractivity contribution in [2.75, 3.05) is 40.3 Å². The van der Waals surface area contributed by atoms with Gasteiger partial charge in [0.1, 0.15) is 25.0 Å². The van der Waals surface area contributed by atoms with Crippen LogP contribution in [0.3, 0.4) is 0 Å². The van der Waals surface area contributed by atoms with Crippen molar-refractivity contribution >= 4 is 33.5 Å². The summed E-state index contributed by atoms with van der Waals surface area (Å²) in [5.41, 5.74) is 3.17. The van der Waals surface area contributed by atoms with Crippen LogP contribution >= 0.6 is 27.5 Å². The number of hydrogen-bond donors (Lipinski definition) is 3. The van der Waals surface area contributed by atoms with Crippen molar-refractivity contribution in [3.05, 3.63) is 62.6 Å². The zero-order chi connectivity index (χ0) is 25.7. The number of hydrogen-bond acceptors (Lipinski definition) is 5. The number of carboxylic acid groups (broad SMARTS) is 1. The number of ether oxygens (including phenoxy) is 2. The number of likely N-dealkylation sites (tertiary alicyclic amines) is 1. The number of nitrogens with one attached hydrogen (secondary N) is 2. The Morgan fingerprint density at radius 1 is 1.22 bits per heavy atom. The molecule has 2 aliphatic rings. The molecule has 0 amide bonds. The third-order valence-electron chi connectivity index (χ3n) is 7.13. The van der Waals surface area contributed by atoms with E-state index in [0.717, 1.165) is 53.1 Å². The molecule has 0 aromatic heterocycles. The van der Waals surface area contributed by atoms with Crippen molar-refractivity contribution in [3.63, 3.8) is 0 Å². The van der Waals surface area contributed by atoms with E-state index in [1.54, 1.807) is 0 Å². The maximum absolute atomic E-state index is 11.6. The van der Waals surface area contributed by atoms with E-state index >= 15 is 0 Å². The topological polar surface area (TPSA) is 79.8 Å². The van der Waals surface area contributed by atoms with Gasteiger partial charge in [-0.05, 0) is 67.4 Å². The summed E-state index contributed by atoms with van der Waals surface area (Å²) in [5.74, 6) is 0.685. The maximum atomic E-state index is 11.6. The Bertz CT molecular complexity index is 1060. The van der Waals surface area contributed by atoms with Crippen LogP contribution < -0.4 is 15.4 Å². The van der Waals surface area contributed by atoms with Gasteiger partial charge in [-0.3, -0.25) is 0 Å². The van der Waals surface area contributed by atoms with Crippen LogP contribution in [0.15, 0.2) is 40.9 Å². The highest BCUT2D eigenvalue weighted by Crippen LogP contribution is 2.28. The summed E-state index contributed by atoms with van der Waals surface area (Å²) in [6.07, 6.45) is 1.64. The Morgan fingerprint density at radius 2 is 2.03 bits per heavy atom. The molecule has 2 aromatic rings. The van der Waals surface area contributed by atoms with E-state index < -0.39 is 12.0 Å². The third kappa shape index (κ3) is 7.43. The van der Waals surface area contributed by atoms with Crippen molar-refractivity contribution in [3.8, 4) is 5.75 Å². The fourth-order valence-corrected chi connectivity index (χ4v) is 5.90. The highest BCUT2D eigenvalue weighted by atomic mass is 79.9. The normalized spacial score (nSPS) is 23.2. The van der Waals surface area contributed by atoms with Gasteiger partial charge >= 0.3 is 5.97 Å². The molecule has 0 bridgehead atoms. The number of likely N-dealkylation sites (N-methyl/N-ethyl adjacent to an activating group) is 1. The van der Waals surface area contributed by atoms with Crippen LogP contribution in [-0.4, -0.2) is 68.0 Å². The molecule has 0 spiro atoms. The summed E-state index contributed by atoms with van der Waals surface area (Å²) < 4.78 is 13.7. The van der Waals surface area contributed by atoms with Gasteiger partial charge in [0, 0.05) is 28.0 Å². The SMILES string of the molecule is C[N+]1(C)CC(OCc2cc(CNCC3CCNC3)cc(OCc3ccc(Cl)cc3Br)c2)CC1C(=O)O. The summed E-state index contributed by atoms with van der Waals surface area (Å²) in [6.45, 7) is 5.40. The number of quaternary nitrogens is 1. The largest absolute Gasteiger partial charge is 0.489 e. The van der Waals surface area contributed by atoms with Crippen LogP contribution in [0, 0.1) is 5.92 Å². The smallest absolute Gasteiger partial charge is 0.362 e. The van der Waals surface area contributed by atoms with Gasteiger partial charge in [-0.2, -0.15) is 0 Å². The van der Waals surface area contributed by atoms with Gasteiger partial charge in [-0.1, -0.05) is 39.7 Å². The summed E-state index contributed by atoms with van der Waals surface area (Å²) in [4.78, 5) is 11.6. The summed E-state index contributed by atoms with van der Waals surface area (Å²) in [6, 6.07) is 11.5. The lowest BCUT2D eigenvalue weighted by Crippen LogP contribution is -2.48. The molecule has 2 heterocycles. The van der Waals surface area contributed by atoms with Crippen LogP contribution in [0.5, 0.6) is 5.75 Å². The zero-order valence-corrected chi connectivity index (χ0v) is 23.3. The predicted octanol–water partition coefficient (Wildman–Crippen LogP) is 4.20. The van der Waals surface area contributed by atoms with Crippen molar-refractivity contribution < 1.29 is 23.9 Å². The Balaban J connectivity index is 1.42. The number of nitrogens with zero attached hydrogens (tertiary/aromatic N) is 1. The van der Waals surface area contributed by atoms with Gasteiger partial charge in [-0.25, -0.2) is 4.79 Å². The molecule has 0 radical (unpaired) electrons. The molecule has 36 heavy (non-hydrogen) atoms. The lowest BCUT2D eigenvalue weighted by molar-refractivity contribution is -0.895. The summed E-state index contributed by atoms with van der Waals surface area (Å²) >= 11 is 9.63. The van der Waals surface area contributed by atoms with Crippen molar-refractivity contribution in [2.24, 2.45) is 5.92 Å². The lowest BCUT2D eigenvalue weighted by atomic mass is 10.1. The lowest BCUT2D eigenvalue weighted by Gasteiger charge is -2.28. The molecule has 7 nitrogen and oxygen atoms in total. The first kappa shape index (κ1) is 27.4.